The van der Waals surface area contributed by atoms with Crippen LogP contribution in [0.25, 0.3) is 6.08 Å². The van der Waals surface area contributed by atoms with Crippen LogP contribution in [0.15, 0.2) is 82.2 Å². The van der Waals surface area contributed by atoms with Crippen molar-refractivity contribution in [2.75, 3.05) is 11.9 Å². The molecule has 0 spiro atoms. The van der Waals surface area contributed by atoms with Crippen LogP contribution in [-0.4, -0.2) is 28.6 Å². The fraction of sp³-hybridized carbons (Fsp3) is 0.0800. The number of rotatable bonds is 7. The topological polar surface area (TPSA) is 75.7 Å². The second-order valence-corrected chi connectivity index (χ2v) is 9.56. The maximum atomic E-state index is 12.9. The Labute approximate surface area is 214 Å². The standard InChI is InChI=1S/C25H18BrClN2O4S/c26-18-11-9-16(10-12-18)14-29-24(31)22(34-25(29)32)13-17-5-1-4-8-21(17)33-15-23(30)28-20-7-3-2-6-19(20)27/h1-13H,14-15H2,(H,28,30)/b22-13-. The molecule has 1 aliphatic rings. The van der Waals surface area contributed by atoms with Gasteiger partial charge >= 0.3 is 0 Å². The molecule has 34 heavy (non-hydrogen) atoms. The number of ether oxygens (including phenoxy) is 1. The first kappa shape index (κ1) is 24.1. The summed E-state index contributed by atoms with van der Waals surface area (Å²) in [5, 5.41) is 2.78. The van der Waals surface area contributed by atoms with Crippen molar-refractivity contribution < 1.29 is 19.1 Å². The molecule has 4 rings (SSSR count). The quantitative estimate of drug-likeness (QED) is 0.342. The average molecular weight is 558 g/mol. The van der Waals surface area contributed by atoms with Crippen molar-refractivity contribution in [2.24, 2.45) is 0 Å². The normalized spacial score (nSPS) is 14.5. The van der Waals surface area contributed by atoms with Crippen LogP contribution >= 0.6 is 39.3 Å². The predicted octanol–water partition coefficient (Wildman–Crippen LogP) is 6.36. The molecule has 3 aromatic rings. The second-order valence-electron chi connectivity index (χ2n) is 7.25. The molecule has 3 amide bonds. The molecule has 0 bridgehead atoms. The molecule has 1 saturated heterocycles. The van der Waals surface area contributed by atoms with Gasteiger partial charge in [-0.25, -0.2) is 0 Å². The first-order valence-corrected chi connectivity index (χ1v) is 12.2. The summed E-state index contributed by atoms with van der Waals surface area (Å²) >= 11 is 10.3. The number of benzene rings is 3. The Morgan fingerprint density at radius 3 is 2.50 bits per heavy atom. The average Bonchev–Trinajstić information content (AvgIpc) is 3.08. The van der Waals surface area contributed by atoms with Crippen molar-refractivity contribution in [1.82, 2.24) is 4.90 Å². The molecule has 0 aliphatic carbocycles. The van der Waals surface area contributed by atoms with Crippen molar-refractivity contribution in [3.63, 3.8) is 0 Å². The molecule has 0 saturated carbocycles. The van der Waals surface area contributed by atoms with Crippen molar-refractivity contribution in [3.8, 4) is 5.75 Å². The number of para-hydroxylation sites is 2. The fourth-order valence-corrected chi connectivity index (χ4v) is 4.45. The van der Waals surface area contributed by atoms with E-state index in [0.717, 1.165) is 21.8 Å². The molecule has 1 heterocycles. The molecule has 0 atom stereocenters. The molecule has 0 radical (unpaired) electrons. The third kappa shape index (κ3) is 5.88. The molecule has 172 valence electrons. The first-order chi connectivity index (χ1) is 16.4. The van der Waals surface area contributed by atoms with Gasteiger partial charge in [0.2, 0.25) is 0 Å². The van der Waals surface area contributed by atoms with E-state index in [4.69, 9.17) is 16.3 Å². The van der Waals surface area contributed by atoms with Gasteiger partial charge in [0.1, 0.15) is 5.75 Å². The van der Waals surface area contributed by atoms with Gasteiger partial charge in [0, 0.05) is 10.0 Å². The Kier molecular flexibility index (Phi) is 7.72. The zero-order valence-corrected chi connectivity index (χ0v) is 20.8. The summed E-state index contributed by atoms with van der Waals surface area (Å²) in [5.41, 5.74) is 1.92. The number of halogens is 2. The van der Waals surface area contributed by atoms with Gasteiger partial charge in [-0.05, 0) is 53.7 Å². The van der Waals surface area contributed by atoms with Crippen molar-refractivity contribution in [1.29, 1.82) is 0 Å². The van der Waals surface area contributed by atoms with Crippen molar-refractivity contribution in [3.05, 3.63) is 98.3 Å². The summed E-state index contributed by atoms with van der Waals surface area (Å²) in [6.07, 6.45) is 1.60. The molecular weight excluding hydrogens is 540 g/mol. The van der Waals surface area contributed by atoms with Crippen LogP contribution in [0.5, 0.6) is 5.75 Å². The number of carbonyl (C=O) groups is 3. The number of hydrogen-bond acceptors (Lipinski definition) is 5. The maximum absolute atomic E-state index is 12.9. The van der Waals surface area contributed by atoms with Gasteiger partial charge in [0.05, 0.1) is 22.2 Å². The first-order valence-electron chi connectivity index (χ1n) is 10.2. The molecule has 3 aromatic carbocycles. The lowest BCUT2D eigenvalue weighted by molar-refractivity contribution is -0.123. The highest BCUT2D eigenvalue weighted by Gasteiger charge is 2.35. The molecule has 9 heteroatoms. The number of amides is 3. The van der Waals surface area contributed by atoms with E-state index in [1.165, 1.54) is 4.90 Å². The van der Waals surface area contributed by atoms with E-state index in [2.05, 4.69) is 21.2 Å². The number of carbonyl (C=O) groups excluding carboxylic acids is 3. The van der Waals surface area contributed by atoms with E-state index < -0.39 is 0 Å². The van der Waals surface area contributed by atoms with Crippen LogP contribution in [-0.2, 0) is 16.1 Å². The van der Waals surface area contributed by atoms with E-state index in [0.29, 0.717) is 26.9 Å². The van der Waals surface area contributed by atoms with Gasteiger partial charge < -0.3 is 10.1 Å². The molecule has 1 aliphatic heterocycles. The van der Waals surface area contributed by atoms with Crippen LogP contribution in [0.3, 0.4) is 0 Å². The predicted molar refractivity (Wildman–Crippen MR) is 138 cm³/mol. The lowest BCUT2D eigenvalue weighted by atomic mass is 10.1. The molecule has 1 N–H and O–H groups in total. The number of hydrogen-bond donors (Lipinski definition) is 1. The van der Waals surface area contributed by atoms with Crippen LogP contribution in [0, 0.1) is 0 Å². The largest absolute Gasteiger partial charge is 0.483 e. The zero-order valence-electron chi connectivity index (χ0n) is 17.7. The van der Waals surface area contributed by atoms with E-state index in [9.17, 15) is 14.4 Å². The molecule has 1 fully saturated rings. The molecule has 0 unspecified atom stereocenters. The minimum absolute atomic E-state index is 0.190. The summed E-state index contributed by atoms with van der Waals surface area (Å²) < 4.78 is 6.61. The Hall–Kier alpha value is -3.07. The van der Waals surface area contributed by atoms with E-state index in [1.807, 2.05) is 24.3 Å². The van der Waals surface area contributed by atoms with Crippen LogP contribution in [0.4, 0.5) is 10.5 Å². The third-order valence-corrected chi connectivity index (χ3v) is 6.61. The van der Waals surface area contributed by atoms with Crippen LogP contribution in [0.1, 0.15) is 11.1 Å². The van der Waals surface area contributed by atoms with Gasteiger partial charge in [-0.1, -0.05) is 70.0 Å². The number of anilines is 1. The van der Waals surface area contributed by atoms with Crippen LogP contribution in [0.2, 0.25) is 5.02 Å². The van der Waals surface area contributed by atoms with Gasteiger partial charge in [0.15, 0.2) is 6.61 Å². The minimum Gasteiger partial charge on any atom is -0.483 e. The second kappa shape index (κ2) is 10.9. The summed E-state index contributed by atoms with van der Waals surface area (Å²) in [7, 11) is 0. The third-order valence-electron chi connectivity index (χ3n) is 4.84. The lowest BCUT2D eigenvalue weighted by Crippen LogP contribution is -2.27. The van der Waals surface area contributed by atoms with Crippen molar-refractivity contribution in [2.45, 2.75) is 6.54 Å². The minimum atomic E-state index is -0.377. The summed E-state index contributed by atoms with van der Waals surface area (Å²) in [6.45, 7) is -0.0588. The monoisotopic (exact) mass is 556 g/mol. The number of thioether (sulfide) groups is 1. The Bertz CT molecular complexity index is 1280. The van der Waals surface area contributed by atoms with Gasteiger partial charge in [0.25, 0.3) is 17.1 Å². The number of nitrogens with zero attached hydrogens (tertiary/aromatic N) is 1. The van der Waals surface area contributed by atoms with Gasteiger partial charge in [-0.3, -0.25) is 19.3 Å². The Morgan fingerprint density at radius 2 is 1.74 bits per heavy atom. The Morgan fingerprint density at radius 1 is 1.03 bits per heavy atom. The zero-order chi connectivity index (χ0) is 24.1. The highest BCUT2D eigenvalue weighted by Crippen LogP contribution is 2.35. The van der Waals surface area contributed by atoms with E-state index >= 15 is 0 Å². The van der Waals surface area contributed by atoms with Gasteiger partial charge in [-0.2, -0.15) is 0 Å². The highest BCUT2D eigenvalue weighted by molar-refractivity contribution is 9.10. The maximum Gasteiger partial charge on any atom is 0.293 e. The van der Waals surface area contributed by atoms with Gasteiger partial charge in [-0.15, -0.1) is 0 Å². The van der Waals surface area contributed by atoms with Crippen molar-refractivity contribution >= 4 is 68.1 Å². The SMILES string of the molecule is O=C(COc1ccccc1/C=C1\SC(=O)N(Cc2ccc(Br)cc2)C1=O)Nc1ccccc1Cl. The smallest absolute Gasteiger partial charge is 0.293 e. The summed E-state index contributed by atoms with van der Waals surface area (Å²) in [6, 6.07) is 21.3. The van der Waals surface area contributed by atoms with E-state index in [1.54, 1.807) is 54.6 Å². The Balaban J connectivity index is 1.44. The summed E-state index contributed by atoms with van der Waals surface area (Å²) in [4.78, 5) is 39.2. The number of nitrogens with one attached hydrogen (secondary N) is 1. The molecule has 6 nitrogen and oxygen atoms in total. The highest BCUT2D eigenvalue weighted by atomic mass is 79.9. The number of imide groups is 1. The summed E-state index contributed by atoms with van der Waals surface area (Å²) in [5.74, 6) is -0.335. The fourth-order valence-electron chi connectivity index (χ4n) is 3.17. The molecular formula is C25H18BrClN2O4S. The van der Waals surface area contributed by atoms with Crippen LogP contribution < -0.4 is 10.1 Å². The molecule has 0 aromatic heterocycles. The van der Waals surface area contributed by atoms with E-state index in [-0.39, 0.29) is 30.2 Å². The lowest BCUT2D eigenvalue weighted by Gasteiger charge is -2.12.